The first-order chi connectivity index (χ1) is 13.3. The summed E-state index contributed by atoms with van der Waals surface area (Å²) in [5, 5.41) is 6.48. The molecule has 7 heteroatoms. The Morgan fingerprint density at radius 3 is 2.54 bits per heavy atom. The third-order valence-corrected chi connectivity index (χ3v) is 5.80. The van der Waals surface area contributed by atoms with E-state index < -0.39 is 0 Å². The number of anilines is 1. The molecule has 0 aliphatic rings. The van der Waals surface area contributed by atoms with Gasteiger partial charge in [0.05, 0.1) is 5.69 Å². The van der Waals surface area contributed by atoms with Gasteiger partial charge in [-0.05, 0) is 51.7 Å². The van der Waals surface area contributed by atoms with E-state index in [4.69, 9.17) is 0 Å². The fourth-order valence-electron chi connectivity index (χ4n) is 2.96. The van der Waals surface area contributed by atoms with Crippen molar-refractivity contribution in [2.45, 2.75) is 47.5 Å². The van der Waals surface area contributed by atoms with E-state index in [0.717, 1.165) is 35.3 Å². The predicted molar refractivity (Wildman–Crippen MR) is 114 cm³/mol. The number of benzene rings is 1. The number of hydrogen-bond acceptors (Lipinski definition) is 4. The van der Waals surface area contributed by atoms with Crippen LogP contribution in [0.2, 0.25) is 0 Å². The summed E-state index contributed by atoms with van der Waals surface area (Å²) in [4.78, 5) is 30.4. The summed E-state index contributed by atoms with van der Waals surface area (Å²) in [5.74, 6) is 0.308. The normalized spacial score (nSPS) is 11.2. The van der Waals surface area contributed by atoms with Gasteiger partial charge in [0.25, 0.3) is 11.5 Å². The van der Waals surface area contributed by atoms with Crippen molar-refractivity contribution in [2.24, 2.45) is 5.92 Å². The van der Waals surface area contributed by atoms with Crippen molar-refractivity contribution in [3.05, 3.63) is 62.0 Å². The summed E-state index contributed by atoms with van der Waals surface area (Å²) in [6.07, 6.45) is 1.69. The average molecular weight is 399 g/mol. The van der Waals surface area contributed by atoms with Crippen molar-refractivity contribution >= 4 is 22.9 Å². The summed E-state index contributed by atoms with van der Waals surface area (Å²) in [5.41, 5.74) is 4.01. The second kappa shape index (κ2) is 8.14. The topological polar surface area (TPSA) is 79.8 Å². The molecule has 148 valence electrons. The Morgan fingerprint density at radius 2 is 1.89 bits per heavy atom. The van der Waals surface area contributed by atoms with Crippen LogP contribution in [0.5, 0.6) is 0 Å². The van der Waals surface area contributed by atoms with Crippen molar-refractivity contribution in [3.8, 4) is 5.13 Å². The maximum atomic E-state index is 12.8. The molecule has 3 rings (SSSR count). The molecule has 0 bridgehead atoms. The molecule has 3 aromatic rings. The highest BCUT2D eigenvalue weighted by Crippen LogP contribution is 2.22. The smallest absolute Gasteiger partial charge is 0.276 e. The maximum absolute atomic E-state index is 12.8. The number of aromatic amines is 1. The van der Waals surface area contributed by atoms with Crippen molar-refractivity contribution in [1.29, 1.82) is 0 Å². The lowest BCUT2D eigenvalue weighted by atomic mass is 10.0. The summed E-state index contributed by atoms with van der Waals surface area (Å²) in [6.45, 7) is 9.97. The van der Waals surface area contributed by atoms with E-state index in [9.17, 15) is 9.59 Å². The highest BCUT2D eigenvalue weighted by atomic mass is 32.1. The predicted octanol–water partition coefficient (Wildman–Crippen LogP) is 4.39. The number of aryl methyl sites for hydroxylation is 3. The van der Waals surface area contributed by atoms with Gasteiger partial charge in [-0.15, -0.1) is 0 Å². The number of carbonyl (C=O) groups is 1. The third kappa shape index (κ3) is 4.25. The molecule has 28 heavy (non-hydrogen) atoms. The van der Waals surface area contributed by atoms with Crippen LogP contribution in [-0.4, -0.2) is 20.7 Å². The number of thiazole rings is 1. The van der Waals surface area contributed by atoms with Crippen LogP contribution in [-0.2, 0) is 6.42 Å². The molecule has 2 aromatic heterocycles. The van der Waals surface area contributed by atoms with Gasteiger partial charge in [-0.25, -0.2) is 4.98 Å². The van der Waals surface area contributed by atoms with E-state index in [0.29, 0.717) is 21.6 Å². The van der Waals surface area contributed by atoms with Gasteiger partial charge in [-0.1, -0.05) is 42.9 Å². The molecular formula is C21H26N4O2S. The van der Waals surface area contributed by atoms with E-state index in [1.165, 1.54) is 16.0 Å². The van der Waals surface area contributed by atoms with E-state index in [2.05, 4.69) is 29.2 Å². The van der Waals surface area contributed by atoms with Crippen molar-refractivity contribution in [3.63, 3.8) is 0 Å². The number of aromatic nitrogens is 3. The number of nitrogens with zero attached hydrogens (tertiary/aromatic N) is 2. The summed E-state index contributed by atoms with van der Waals surface area (Å²) >= 11 is 1.21. The SMILES string of the molecule is Cc1ccc(NC(=O)c2sc(-n3[nH]c(C)c(CCC(C)C)c3=O)nc2C)cc1. The van der Waals surface area contributed by atoms with Crippen molar-refractivity contribution in [1.82, 2.24) is 14.8 Å². The molecule has 0 fully saturated rings. The second-order valence-corrected chi connectivity index (χ2v) is 8.50. The first kappa shape index (κ1) is 20.1. The average Bonchev–Trinajstić information content (AvgIpc) is 3.15. The highest BCUT2D eigenvalue weighted by Gasteiger charge is 2.20. The Balaban J connectivity index is 1.86. The lowest BCUT2D eigenvalue weighted by Gasteiger charge is -2.04. The molecule has 1 aromatic carbocycles. The Bertz CT molecular complexity index is 1040. The molecule has 0 aliphatic carbocycles. The molecule has 0 saturated carbocycles. The van der Waals surface area contributed by atoms with Crippen LogP contribution in [0, 0.1) is 26.7 Å². The van der Waals surface area contributed by atoms with Crippen LogP contribution in [0.25, 0.3) is 5.13 Å². The van der Waals surface area contributed by atoms with Crippen LogP contribution in [0.3, 0.4) is 0 Å². The zero-order valence-electron chi connectivity index (χ0n) is 16.9. The Morgan fingerprint density at radius 1 is 1.21 bits per heavy atom. The Labute approximate surface area is 168 Å². The summed E-state index contributed by atoms with van der Waals surface area (Å²) in [6, 6.07) is 7.62. The minimum atomic E-state index is -0.221. The molecule has 1 amide bonds. The molecule has 6 nitrogen and oxygen atoms in total. The van der Waals surface area contributed by atoms with E-state index >= 15 is 0 Å². The number of H-pyrrole nitrogens is 1. The molecule has 0 atom stereocenters. The summed E-state index contributed by atoms with van der Waals surface area (Å²) < 4.78 is 1.45. The first-order valence-electron chi connectivity index (χ1n) is 9.42. The molecule has 2 N–H and O–H groups in total. The third-order valence-electron chi connectivity index (χ3n) is 4.66. The summed E-state index contributed by atoms with van der Waals surface area (Å²) in [7, 11) is 0. The van der Waals surface area contributed by atoms with Gasteiger partial charge in [-0.3, -0.25) is 14.7 Å². The van der Waals surface area contributed by atoms with Gasteiger partial charge in [0.15, 0.2) is 0 Å². The fourth-order valence-corrected chi connectivity index (χ4v) is 3.88. The van der Waals surface area contributed by atoms with Crippen LogP contribution in [0.1, 0.15) is 52.5 Å². The first-order valence-corrected chi connectivity index (χ1v) is 10.2. The largest absolute Gasteiger partial charge is 0.321 e. The van der Waals surface area contributed by atoms with Gasteiger partial charge in [0.1, 0.15) is 4.88 Å². The molecule has 2 heterocycles. The number of amides is 1. The van der Waals surface area contributed by atoms with Crippen LogP contribution in [0.4, 0.5) is 5.69 Å². The molecular weight excluding hydrogens is 372 g/mol. The van der Waals surface area contributed by atoms with Crippen LogP contribution < -0.4 is 10.9 Å². The van der Waals surface area contributed by atoms with Crippen molar-refractivity contribution < 1.29 is 4.79 Å². The van der Waals surface area contributed by atoms with E-state index in [1.807, 2.05) is 38.1 Å². The van der Waals surface area contributed by atoms with Gasteiger partial charge in [0, 0.05) is 16.9 Å². The fraction of sp³-hybridized carbons (Fsp3) is 0.381. The number of rotatable bonds is 6. The molecule has 0 unspecified atom stereocenters. The minimum Gasteiger partial charge on any atom is -0.321 e. The number of nitrogens with one attached hydrogen (secondary N) is 2. The standard InChI is InChI=1S/C21H26N4O2S/c1-12(2)6-11-17-14(4)24-25(20(17)27)21-22-15(5)18(28-21)19(26)23-16-9-7-13(3)8-10-16/h7-10,12,24H,6,11H2,1-5H3,(H,23,26). The van der Waals surface area contributed by atoms with Gasteiger partial charge < -0.3 is 5.32 Å². The van der Waals surface area contributed by atoms with Crippen LogP contribution >= 0.6 is 11.3 Å². The van der Waals surface area contributed by atoms with Crippen LogP contribution in [0.15, 0.2) is 29.1 Å². The monoisotopic (exact) mass is 398 g/mol. The van der Waals surface area contributed by atoms with E-state index in [-0.39, 0.29) is 11.5 Å². The lowest BCUT2D eigenvalue weighted by molar-refractivity contribution is 0.103. The number of hydrogen-bond donors (Lipinski definition) is 2. The zero-order valence-corrected chi connectivity index (χ0v) is 17.7. The minimum absolute atomic E-state index is 0.0857. The molecule has 0 saturated heterocycles. The zero-order chi connectivity index (χ0) is 20.4. The Kier molecular flexibility index (Phi) is 5.84. The maximum Gasteiger partial charge on any atom is 0.276 e. The van der Waals surface area contributed by atoms with Gasteiger partial charge in [0.2, 0.25) is 5.13 Å². The molecule has 0 radical (unpaired) electrons. The second-order valence-electron chi connectivity index (χ2n) is 7.52. The highest BCUT2D eigenvalue weighted by molar-refractivity contribution is 7.16. The van der Waals surface area contributed by atoms with Gasteiger partial charge >= 0.3 is 0 Å². The molecule has 0 spiro atoms. The molecule has 0 aliphatic heterocycles. The quantitative estimate of drug-likeness (QED) is 0.646. The lowest BCUT2D eigenvalue weighted by Crippen LogP contribution is -2.17. The Hall–Kier alpha value is -2.67. The number of carbonyl (C=O) groups excluding carboxylic acids is 1. The van der Waals surface area contributed by atoms with Crippen molar-refractivity contribution in [2.75, 3.05) is 5.32 Å². The van der Waals surface area contributed by atoms with Gasteiger partial charge in [-0.2, -0.15) is 4.68 Å². The van der Waals surface area contributed by atoms with E-state index in [1.54, 1.807) is 6.92 Å².